The Morgan fingerprint density at radius 1 is 1.47 bits per heavy atom. The number of imidazole rings is 1. The van der Waals surface area contributed by atoms with Crippen LogP contribution in [-0.4, -0.2) is 40.9 Å². The number of aromatic amines is 1. The van der Waals surface area contributed by atoms with Crippen LogP contribution >= 0.6 is 0 Å². The Labute approximate surface area is 113 Å². The van der Waals surface area contributed by atoms with Gasteiger partial charge in [0.2, 0.25) is 5.91 Å². The van der Waals surface area contributed by atoms with Gasteiger partial charge in [0.05, 0.1) is 17.1 Å². The first-order valence-electron chi connectivity index (χ1n) is 6.37. The molecule has 1 aromatic heterocycles. The molecule has 0 aliphatic carbocycles. The summed E-state index contributed by atoms with van der Waals surface area (Å²) in [4.78, 5) is 21.3. The van der Waals surface area contributed by atoms with E-state index in [-0.39, 0.29) is 11.9 Å². The summed E-state index contributed by atoms with van der Waals surface area (Å²) in [5.74, 6) is 0.934. The lowest BCUT2D eigenvalue weighted by atomic mass is 10.2. The van der Waals surface area contributed by atoms with Crippen LogP contribution in [0.4, 0.5) is 0 Å². The molecule has 19 heavy (non-hydrogen) atoms. The van der Waals surface area contributed by atoms with Crippen LogP contribution in [0.1, 0.15) is 18.3 Å². The van der Waals surface area contributed by atoms with Crippen molar-refractivity contribution in [1.29, 1.82) is 0 Å². The molecule has 5 nitrogen and oxygen atoms in total. The molecule has 0 aliphatic rings. The number of nitrogens with one attached hydrogen (secondary N) is 2. The van der Waals surface area contributed by atoms with Gasteiger partial charge in [0, 0.05) is 6.54 Å². The van der Waals surface area contributed by atoms with E-state index in [1.165, 1.54) is 0 Å². The van der Waals surface area contributed by atoms with Gasteiger partial charge in [-0.05, 0) is 45.6 Å². The number of carbonyl (C=O) groups excluding carboxylic acids is 1. The van der Waals surface area contributed by atoms with Gasteiger partial charge >= 0.3 is 0 Å². The van der Waals surface area contributed by atoms with Crippen molar-refractivity contribution in [3.05, 3.63) is 29.6 Å². The highest BCUT2D eigenvalue weighted by Gasteiger charge is 2.14. The molecule has 102 valence electrons. The number of hydrogen-bond donors (Lipinski definition) is 2. The molecule has 2 rings (SSSR count). The van der Waals surface area contributed by atoms with Crippen LogP contribution in [0.3, 0.4) is 0 Å². The number of nitrogens with zero attached hydrogens (tertiary/aromatic N) is 2. The number of amides is 1. The number of carbonyl (C=O) groups is 1. The summed E-state index contributed by atoms with van der Waals surface area (Å²) >= 11 is 0. The Morgan fingerprint density at radius 2 is 2.21 bits per heavy atom. The smallest absolute Gasteiger partial charge is 0.237 e. The number of fused-ring (bicyclic) bond motifs is 1. The van der Waals surface area contributed by atoms with Gasteiger partial charge in [-0.3, -0.25) is 9.69 Å². The molecule has 0 unspecified atom stereocenters. The Kier molecular flexibility index (Phi) is 3.85. The van der Waals surface area contributed by atoms with E-state index in [4.69, 9.17) is 0 Å². The van der Waals surface area contributed by atoms with E-state index in [2.05, 4.69) is 15.3 Å². The second-order valence-electron chi connectivity index (χ2n) is 5.03. The summed E-state index contributed by atoms with van der Waals surface area (Å²) in [7, 11) is 3.79. The topological polar surface area (TPSA) is 61.0 Å². The van der Waals surface area contributed by atoms with E-state index in [0.29, 0.717) is 6.54 Å². The number of rotatable bonds is 4. The summed E-state index contributed by atoms with van der Waals surface area (Å²) in [6.07, 6.45) is 0. The van der Waals surface area contributed by atoms with Crippen molar-refractivity contribution in [1.82, 2.24) is 20.2 Å². The van der Waals surface area contributed by atoms with E-state index in [9.17, 15) is 4.79 Å². The highest BCUT2D eigenvalue weighted by molar-refractivity contribution is 5.81. The molecule has 0 saturated heterocycles. The van der Waals surface area contributed by atoms with Gasteiger partial charge in [0.15, 0.2) is 0 Å². The van der Waals surface area contributed by atoms with Crippen molar-refractivity contribution in [3.8, 4) is 0 Å². The van der Waals surface area contributed by atoms with E-state index < -0.39 is 0 Å². The highest BCUT2D eigenvalue weighted by Crippen LogP contribution is 2.13. The largest absolute Gasteiger partial charge is 0.351 e. The molecule has 1 heterocycles. The predicted octanol–water partition coefficient (Wildman–Crippen LogP) is 1.44. The molecule has 1 amide bonds. The van der Waals surface area contributed by atoms with Gasteiger partial charge in [0.25, 0.3) is 0 Å². The molecule has 0 bridgehead atoms. The third-order valence-corrected chi connectivity index (χ3v) is 3.29. The van der Waals surface area contributed by atoms with Crippen molar-refractivity contribution in [3.63, 3.8) is 0 Å². The Bertz CT molecular complexity index is 588. The van der Waals surface area contributed by atoms with E-state index in [0.717, 1.165) is 22.4 Å². The lowest BCUT2D eigenvalue weighted by molar-refractivity contribution is -0.125. The minimum atomic E-state index is -0.127. The second-order valence-corrected chi connectivity index (χ2v) is 5.03. The average Bonchev–Trinajstić information content (AvgIpc) is 2.74. The molecular weight excluding hydrogens is 240 g/mol. The van der Waals surface area contributed by atoms with Crippen molar-refractivity contribution in [2.45, 2.75) is 26.4 Å². The molecule has 2 N–H and O–H groups in total. The maximum atomic E-state index is 11.9. The second kappa shape index (κ2) is 5.40. The standard InChI is InChI=1S/C14H20N4O/c1-9(18(3)4)14(19)15-8-11-5-6-12-13(7-11)17-10(2)16-12/h5-7,9H,8H2,1-4H3,(H,15,19)(H,16,17)/t9-/m1/s1. The molecule has 0 fully saturated rings. The monoisotopic (exact) mass is 260 g/mol. The zero-order valence-corrected chi connectivity index (χ0v) is 11.8. The summed E-state index contributed by atoms with van der Waals surface area (Å²) in [6.45, 7) is 4.35. The number of H-pyrrole nitrogens is 1. The lowest BCUT2D eigenvalue weighted by Gasteiger charge is -2.18. The first kappa shape index (κ1) is 13.5. The molecule has 0 saturated carbocycles. The van der Waals surface area contributed by atoms with Crippen molar-refractivity contribution >= 4 is 16.9 Å². The fourth-order valence-corrected chi connectivity index (χ4v) is 1.87. The van der Waals surface area contributed by atoms with Gasteiger partial charge in [-0.15, -0.1) is 0 Å². The number of benzene rings is 1. The maximum Gasteiger partial charge on any atom is 0.237 e. The Morgan fingerprint density at radius 3 is 2.89 bits per heavy atom. The Hall–Kier alpha value is -1.88. The lowest BCUT2D eigenvalue weighted by Crippen LogP contribution is -2.41. The summed E-state index contributed by atoms with van der Waals surface area (Å²) in [6, 6.07) is 5.85. The average molecular weight is 260 g/mol. The molecule has 1 atom stereocenters. The zero-order valence-electron chi connectivity index (χ0n) is 11.8. The van der Waals surface area contributed by atoms with Crippen LogP contribution in [-0.2, 0) is 11.3 Å². The molecular formula is C14H20N4O. The normalized spacial score (nSPS) is 12.9. The third-order valence-electron chi connectivity index (χ3n) is 3.29. The summed E-state index contributed by atoms with van der Waals surface area (Å²) < 4.78 is 0. The van der Waals surface area contributed by atoms with Crippen molar-refractivity contribution in [2.24, 2.45) is 0 Å². The van der Waals surface area contributed by atoms with Gasteiger partial charge in [0.1, 0.15) is 5.82 Å². The van der Waals surface area contributed by atoms with Crippen LogP contribution in [0.15, 0.2) is 18.2 Å². The van der Waals surface area contributed by atoms with Gasteiger partial charge in [-0.2, -0.15) is 0 Å². The molecule has 5 heteroatoms. The molecule has 0 spiro atoms. The first-order valence-corrected chi connectivity index (χ1v) is 6.37. The number of hydrogen-bond acceptors (Lipinski definition) is 3. The van der Waals surface area contributed by atoms with Crippen molar-refractivity contribution in [2.75, 3.05) is 14.1 Å². The fourth-order valence-electron chi connectivity index (χ4n) is 1.87. The van der Waals surface area contributed by atoms with Crippen LogP contribution < -0.4 is 5.32 Å². The molecule has 0 radical (unpaired) electrons. The van der Waals surface area contributed by atoms with Gasteiger partial charge in [-0.25, -0.2) is 4.98 Å². The SMILES string of the molecule is Cc1nc2ccc(CNC(=O)[C@@H](C)N(C)C)cc2[nH]1. The van der Waals surface area contributed by atoms with Crippen molar-refractivity contribution < 1.29 is 4.79 Å². The van der Waals surface area contributed by atoms with Gasteiger partial charge < -0.3 is 10.3 Å². The summed E-state index contributed by atoms with van der Waals surface area (Å²) in [5.41, 5.74) is 3.02. The van der Waals surface area contributed by atoms with E-state index in [1.807, 2.05) is 51.0 Å². The minimum absolute atomic E-state index is 0.0332. The summed E-state index contributed by atoms with van der Waals surface area (Å²) in [5, 5.41) is 2.94. The van der Waals surface area contributed by atoms with Crippen LogP contribution in [0.2, 0.25) is 0 Å². The van der Waals surface area contributed by atoms with Gasteiger partial charge in [-0.1, -0.05) is 6.07 Å². The first-order chi connectivity index (χ1) is 8.97. The third kappa shape index (κ3) is 3.12. The van der Waals surface area contributed by atoms with E-state index in [1.54, 1.807) is 0 Å². The highest BCUT2D eigenvalue weighted by atomic mass is 16.2. The van der Waals surface area contributed by atoms with E-state index >= 15 is 0 Å². The predicted molar refractivity (Wildman–Crippen MR) is 75.8 cm³/mol. The molecule has 0 aliphatic heterocycles. The molecule has 2 aromatic rings. The number of aromatic nitrogens is 2. The van der Waals surface area contributed by atoms with Crippen LogP contribution in [0, 0.1) is 6.92 Å². The van der Waals surface area contributed by atoms with Crippen LogP contribution in [0.25, 0.3) is 11.0 Å². The number of likely N-dealkylation sites (N-methyl/N-ethyl adjacent to an activating group) is 1. The fraction of sp³-hybridized carbons (Fsp3) is 0.429. The minimum Gasteiger partial charge on any atom is -0.351 e. The number of aryl methyl sites for hydroxylation is 1. The Balaban J connectivity index is 2.03. The molecule has 1 aromatic carbocycles. The van der Waals surface area contributed by atoms with Crippen LogP contribution in [0.5, 0.6) is 0 Å². The zero-order chi connectivity index (χ0) is 14.0. The quantitative estimate of drug-likeness (QED) is 0.874. The maximum absolute atomic E-state index is 11.9.